The average Bonchev–Trinajstić information content (AvgIpc) is 2.53. The molecule has 0 bridgehead atoms. The lowest BCUT2D eigenvalue weighted by atomic mass is 10.2. The van der Waals surface area contributed by atoms with Crippen molar-refractivity contribution in [3.63, 3.8) is 0 Å². The highest BCUT2D eigenvalue weighted by atomic mass is 79.9. The van der Waals surface area contributed by atoms with E-state index < -0.39 is 0 Å². The first-order valence-corrected chi connectivity index (χ1v) is 8.26. The van der Waals surface area contributed by atoms with Gasteiger partial charge in [0.05, 0.1) is 6.54 Å². The van der Waals surface area contributed by atoms with Gasteiger partial charge in [-0.25, -0.2) is 8.78 Å². The predicted octanol–water partition coefficient (Wildman–Crippen LogP) is 3.82. The molecule has 0 N–H and O–H groups in total. The molecule has 0 atom stereocenters. The summed E-state index contributed by atoms with van der Waals surface area (Å²) in [5.74, 6) is -0.796. The van der Waals surface area contributed by atoms with Crippen LogP contribution in [-0.2, 0) is 17.9 Å². The summed E-state index contributed by atoms with van der Waals surface area (Å²) < 4.78 is 28.2. The van der Waals surface area contributed by atoms with Gasteiger partial charge in [-0.05, 0) is 31.3 Å². The molecule has 2 rings (SSSR count). The van der Waals surface area contributed by atoms with Gasteiger partial charge in [0, 0.05) is 35.7 Å². The second-order valence-corrected chi connectivity index (χ2v) is 6.66. The van der Waals surface area contributed by atoms with Crippen LogP contribution >= 0.6 is 15.9 Å². The quantitative estimate of drug-likeness (QED) is 0.740. The molecule has 0 unspecified atom stereocenters. The number of carbonyl (C=O) groups excluding carboxylic acids is 1. The molecule has 0 spiro atoms. The fourth-order valence-corrected chi connectivity index (χ4v) is 2.74. The Hall–Kier alpha value is -1.79. The number of amides is 1. The lowest BCUT2D eigenvalue weighted by Gasteiger charge is -2.22. The van der Waals surface area contributed by atoms with E-state index in [-0.39, 0.29) is 30.6 Å². The van der Waals surface area contributed by atoms with Crippen LogP contribution in [0.5, 0.6) is 0 Å². The highest BCUT2D eigenvalue weighted by Gasteiger charge is 2.15. The van der Waals surface area contributed by atoms with Crippen molar-refractivity contribution in [2.24, 2.45) is 0 Å². The molecule has 0 heterocycles. The topological polar surface area (TPSA) is 23.6 Å². The van der Waals surface area contributed by atoms with Crippen LogP contribution in [0.2, 0.25) is 0 Å². The number of hydrogen-bond donors (Lipinski definition) is 0. The minimum Gasteiger partial charge on any atom is -0.340 e. The van der Waals surface area contributed by atoms with E-state index >= 15 is 0 Å². The summed E-state index contributed by atoms with van der Waals surface area (Å²) in [6.45, 7) is 0.631. The highest BCUT2D eigenvalue weighted by Crippen LogP contribution is 2.17. The third kappa shape index (κ3) is 5.11. The minimum atomic E-state index is -0.332. The van der Waals surface area contributed by atoms with Crippen LogP contribution < -0.4 is 0 Å². The van der Waals surface area contributed by atoms with Gasteiger partial charge >= 0.3 is 0 Å². The monoisotopic (exact) mass is 396 g/mol. The molecule has 2 aromatic carbocycles. The van der Waals surface area contributed by atoms with Gasteiger partial charge in [-0.1, -0.05) is 34.1 Å². The van der Waals surface area contributed by atoms with Crippen molar-refractivity contribution < 1.29 is 13.6 Å². The first kappa shape index (κ1) is 18.5. The van der Waals surface area contributed by atoms with E-state index in [0.29, 0.717) is 17.7 Å². The largest absolute Gasteiger partial charge is 0.340 e. The first-order valence-electron chi connectivity index (χ1n) is 7.46. The maximum absolute atomic E-state index is 13.8. The summed E-state index contributed by atoms with van der Waals surface area (Å²) in [5.41, 5.74) is 0.977. The lowest BCUT2D eigenvalue weighted by Crippen LogP contribution is -2.36. The number of benzene rings is 2. The van der Waals surface area contributed by atoms with Crippen LogP contribution in [0.1, 0.15) is 11.1 Å². The van der Waals surface area contributed by atoms with Gasteiger partial charge in [0.2, 0.25) is 5.91 Å². The maximum atomic E-state index is 13.8. The molecule has 0 fully saturated rings. The zero-order valence-electron chi connectivity index (χ0n) is 13.6. The Bertz CT molecular complexity index is 724. The van der Waals surface area contributed by atoms with Crippen LogP contribution in [0, 0.1) is 11.6 Å². The average molecular weight is 397 g/mol. The second-order valence-electron chi connectivity index (χ2n) is 5.75. The van der Waals surface area contributed by atoms with E-state index in [1.165, 1.54) is 17.0 Å². The summed E-state index contributed by atoms with van der Waals surface area (Å²) in [4.78, 5) is 15.5. The first-order chi connectivity index (χ1) is 11.4. The number of nitrogens with zero attached hydrogens (tertiary/aromatic N) is 2. The molecule has 3 nitrogen and oxygen atoms in total. The molecule has 2 aromatic rings. The minimum absolute atomic E-state index is 0.122. The van der Waals surface area contributed by atoms with Crippen molar-refractivity contribution in [1.29, 1.82) is 0 Å². The van der Waals surface area contributed by atoms with Gasteiger partial charge in [-0.3, -0.25) is 9.69 Å². The van der Waals surface area contributed by atoms with Gasteiger partial charge in [-0.2, -0.15) is 0 Å². The number of carbonyl (C=O) groups is 1. The fourth-order valence-electron chi connectivity index (χ4n) is 2.33. The zero-order chi connectivity index (χ0) is 17.7. The summed E-state index contributed by atoms with van der Waals surface area (Å²) in [6, 6.07) is 11.1. The summed E-state index contributed by atoms with van der Waals surface area (Å²) in [5, 5.41) is 0. The van der Waals surface area contributed by atoms with E-state index in [2.05, 4.69) is 15.9 Å². The van der Waals surface area contributed by atoms with Crippen LogP contribution in [0.25, 0.3) is 0 Å². The molecule has 0 aliphatic rings. The molecule has 6 heteroatoms. The number of halogens is 3. The molecule has 0 aromatic heterocycles. The van der Waals surface area contributed by atoms with Gasteiger partial charge < -0.3 is 4.90 Å². The zero-order valence-corrected chi connectivity index (χ0v) is 15.2. The van der Waals surface area contributed by atoms with Crippen LogP contribution in [0.3, 0.4) is 0 Å². The Morgan fingerprint density at radius 1 is 1.00 bits per heavy atom. The lowest BCUT2D eigenvalue weighted by molar-refractivity contribution is -0.131. The number of likely N-dealkylation sites (N-methyl/N-ethyl adjacent to an activating group) is 2. The van der Waals surface area contributed by atoms with E-state index in [4.69, 9.17) is 0 Å². The summed E-state index contributed by atoms with van der Waals surface area (Å²) in [6.07, 6.45) is 0. The van der Waals surface area contributed by atoms with E-state index in [9.17, 15) is 13.6 Å². The van der Waals surface area contributed by atoms with Gasteiger partial charge in [0.25, 0.3) is 0 Å². The normalized spacial score (nSPS) is 10.9. The fraction of sp³-hybridized carbons (Fsp3) is 0.278. The van der Waals surface area contributed by atoms with E-state index in [1.807, 2.05) is 0 Å². The Kier molecular flexibility index (Phi) is 6.45. The SMILES string of the molecule is CN(CC(=O)N(C)Cc1ccccc1F)Cc1cc(Br)ccc1F. The Morgan fingerprint density at radius 2 is 1.67 bits per heavy atom. The second kappa shape index (κ2) is 8.35. The molecule has 0 saturated heterocycles. The van der Waals surface area contributed by atoms with Crippen molar-refractivity contribution >= 4 is 21.8 Å². The van der Waals surface area contributed by atoms with Crippen LogP contribution in [0.4, 0.5) is 8.78 Å². The Morgan fingerprint density at radius 3 is 2.38 bits per heavy atom. The third-order valence-electron chi connectivity index (χ3n) is 3.64. The standard InChI is InChI=1S/C18H19BrF2N2O/c1-22(10-14-9-15(19)7-8-17(14)21)12-18(24)23(2)11-13-5-3-4-6-16(13)20/h3-9H,10-12H2,1-2H3. The van der Waals surface area contributed by atoms with E-state index in [0.717, 1.165) is 4.47 Å². The van der Waals surface area contributed by atoms with Crippen molar-refractivity contribution in [1.82, 2.24) is 9.80 Å². The van der Waals surface area contributed by atoms with Crippen molar-refractivity contribution in [3.05, 3.63) is 69.7 Å². The maximum Gasteiger partial charge on any atom is 0.236 e. The molecule has 1 amide bonds. The predicted molar refractivity (Wildman–Crippen MR) is 93.3 cm³/mol. The molecule has 0 radical (unpaired) electrons. The highest BCUT2D eigenvalue weighted by molar-refractivity contribution is 9.10. The van der Waals surface area contributed by atoms with Gasteiger partial charge in [-0.15, -0.1) is 0 Å². The van der Waals surface area contributed by atoms with Crippen molar-refractivity contribution in [3.8, 4) is 0 Å². The third-order valence-corrected chi connectivity index (χ3v) is 4.14. The van der Waals surface area contributed by atoms with Crippen LogP contribution in [0.15, 0.2) is 46.9 Å². The van der Waals surface area contributed by atoms with Gasteiger partial charge in [0.1, 0.15) is 11.6 Å². The number of hydrogen-bond acceptors (Lipinski definition) is 2. The van der Waals surface area contributed by atoms with Gasteiger partial charge in [0.15, 0.2) is 0 Å². The summed E-state index contributed by atoms with van der Waals surface area (Å²) in [7, 11) is 3.37. The number of rotatable bonds is 6. The molecular weight excluding hydrogens is 378 g/mol. The van der Waals surface area contributed by atoms with Crippen LogP contribution in [-0.4, -0.2) is 36.3 Å². The summed E-state index contributed by atoms with van der Waals surface area (Å²) >= 11 is 3.31. The molecule has 0 saturated carbocycles. The molecule has 128 valence electrons. The Balaban J connectivity index is 1.93. The molecular formula is C18H19BrF2N2O. The van der Waals surface area contributed by atoms with Crippen molar-refractivity contribution in [2.45, 2.75) is 13.1 Å². The van der Waals surface area contributed by atoms with Crippen molar-refractivity contribution in [2.75, 3.05) is 20.6 Å². The molecule has 24 heavy (non-hydrogen) atoms. The Labute approximate surface area is 149 Å². The molecule has 0 aliphatic carbocycles. The smallest absolute Gasteiger partial charge is 0.236 e. The van der Waals surface area contributed by atoms with E-state index in [1.54, 1.807) is 49.3 Å². The molecule has 0 aliphatic heterocycles.